The van der Waals surface area contributed by atoms with Crippen molar-refractivity contribution in [1.29, 1.82) is 5.26 Å². The first-order valence-electron chi connectivity index (χ1n) is 9.05. The molecule has 0 amide bonds. The van der Waals surface area contributed by atoms with Crippen LogP contribution in [0.3, 0.4) is 0 Å². The number of hydrogen-bond acceptors (Lipinski definition) is 6. The molecule has 3 aromatic rings. The van der Waals surface area contributed by atoms with Crippen molar-refractivity contribution in [1.82, 2.24) is 19.8 Å². The number of hydrogen-bond donors (Lipinski definition) is 0. The zero-order chi connectivity index (χ0) is 17.5. The van der Waals surface area contributed by atoms with Crippen molar-refractivity contribution in [2.45, 2.75) is 18.8 Å². The standard InChI is InChI=1S/C19H19N7/c20-13-15-3-1-2-4-16(15)24-9-11-25(12-10-24)18-8-7-17-21-22-19(14-5-6-14)26(17)23-18/h1-4,7-8,14H,5-6,9-12H2. The van der Waals surface area contributed by atoms with Gasteiger partial charge in [-0.2, -0.15) is 9.78 Å². The van der Waals surface area contributed by atoms with Crippen LogP contribution in [0.25, 0.3) is 5.65 Å². The van der Waals surface area contributed by atoms with Gasteiger partial charge in [-0.15, -0.1) is 15.3 Å². The van der Waals surface area contributed by atoms with Gasteiger partial charge in [-0.1, -0.05) is 12.1 Å². The Morgan fingerprint density at radius 3 is 2.46 bits per heavy atom. The molecular formula is C19H19N7. The molecule has 0 unspecified atom stereocenters. The van der Waals surface area contributed by atoms with Crippen molar-refractivity contribution >= 4 is 17.2 Å². The summed E-state index contributed by atoms with van der Waals surface area (Å²) in [6, 6.07) is 14.1. The predicted octanol–water partition coefficient (Wildman–Crippen LogP) is 2.20. The van der Waals surface area contributed by atoms with Crippen molar-refractivity contribution in [2.75, 3.05) is 36.0 Å². The molecule has 7 heteroatoms. The molecule has 1 saturated heterocycles. The fraction of sp³-hybridized carbons (Fsp3) is 0.368. The van der Waals surface area contributed by atoms with E-state index in [1.807, 2.05) is 40.9 Å². The third-order valence-corrected chi connectivity index (χ3v) is 5.18. The molecule has 2 aliphatic rings. The van der Waals surface area contributed by atoms with Crippen molar-refractivity contribution in [3.05, 3.63) is 47.8 Å². The zero-order valence-electron chi connectivity index (χ0n) is 14.4. The van der Waals surface area contributed by atoms with Crippen LogP contribution in [0.5, 0.6) is 0 Å². The molecular weight excluding hydrogens is 326 g/mol. The lowest BCUT2D eigenvalue weighted by Gasteiger charge is -2.36. The number of nitrogens with zero attached hydrogens (tertiary/aromatic N) is 7. The fourth-order valence-electron chi connectivity index (χ4n) is 3.58. The van der Waals surface area contributed by atoms with E-state index in [1.54, 1.807) is 0 Å². The Labute approximate surface area is 151 Å². The highest BCUT2D eigenvalue weighted by Crippen LogP contribution is 2.38. The number of piperazine rings is 1. The Hall–Kier alpha value is -3.14. The summed E-state index contributed by atoms with van der Waals surface area (Å²) >= 11 is 0. The largest absolute Gasteiger partial charge is 0.367 e. The molecule has 26 heavy (non-hydrogen) atoms. The van der Waals surface area contributed by atoms with Gasteiger partial charge in [-0.25, -0.2) is 0 Å². The summed E-state index contributed by atoms with van der Waals surface area (Å²) < 4.78 is 1.91. The molecule has 1 aliphatic carbocycles. The van der Waals surface area contributed by atoms with E-state index >= 15 is 0 Å². The molecule has 2 fully saturated rings. The molecule has 130 valence electrons. The highest BCUT2D eigenvalue weighted by atomic mass is 15.4. The topological polar surface area (TPSA) is 73.4 Å². The van der Waals surface area contributed by atoms with E-state index in [-0.39, 0.29) is 0 Å². The summed E-state index contributed by atoms with van der Waals surface area (Å²) in [7, 11) is 0. The van der Waals surface area contributed by atoms with Crippen molar-refractivity contribution in [2.24, 2.45) is 0 Å². The lowest BCUT2D eigenvalue weighted by Crippen LogP contribution is -2.47. The second-order valence-corrected chi connectivity index (χ2v) is 6.90. The lowest BCUT2D eigenvalue weighted by molar-refractivity contribution is 0.639. The van der Waals surface area contributed by atoms with Gasteiger partial charge in [-0.3, -0.25) is 0 Å². The van der Waals surface area contributed by atoms with Crippen LogP contribution in [0, 0.1) is 11.3 Å². The maximum absolute atomic E-state index is 9.32. The van der Waals surface area contributed by atoms with E-state index in [9.17, 15) is 5.26 Å². The lowest BCUT2D eigenvalue weighted by atomic mass is 10.1. The van der Waals surface area contributed by atoms with Crippen molar-refractivity contribution in [3.8, 4) is 6.07 Å². The normalized spacial score (nSPS) is 17.5. The molecule has 1 aromatic carbocycles. The predicted molar refractivity (Wildman–Crippen MR) is 98.3 cm³/mol. The van der Waals surface area contributed by atoms with E-state index in [0.717, 1.165) is 54.7 Å². The molecule has 2 aromatic heterocycles. The summed E-state index contributed by atoms with van der Waals surface area (Å²) in [5.74, 6) is 2.47. The van der Waals surface area contributed by atoms with Gasteiger partial charge < -0.3 is 9.80 Å². The number of para-hydroxylation sites is 1. The number of fused-ring (bicyclic) bond motifs is 1. The molecule has 0 N–H and O–H groups in total. The number of benzene rings is 1. The molecule has 0 radical (unpaired) electrons. The van der Waals surface area contributed by atoms with Gasteiger partial charge in [0.25, 0.3) is 0 Å². The molecule has 5 rings (SSSR count). The average molecular weight is 345 g/mol. The minimum Gasteiger partial charge on any atom is -0.367 e. The zero-order valence-corrected chi connectivity index (χ0v) is 14.4. The van der Waals surface area contributed by atoms with Gasteiger partial charge in [0.15, 0.2) is 11.5 Å². The highest BCUT2D eigenvalue weighted by molar-refractivity contribution is 5.60. The molecule has 1 saturated carbocycles. The first-order chi connectivity index (χ1) is 12.8. The van der Waals surface area contributed by atoms with Gasteiger partial charge in [0.1, 0.15) is 11.9 Å². The minimum absolute atomic E-state index is 0.520. The van der Waals surface area contributed by atoms with E-state index in [0.29, 0.717) is 5.92 Å². The quantitative estimate of drug-likeness (QED) is 0.724. The van der Waals surface area contributed by atoms with Gasteiger partial charge in [0.05, 0.1) is 11.3 Å². The molecule has 0 atom stereocenters. The van der Waals surface area contributed by atoms with Crippen LogP contribution in [0.15, 0.2) is 36.4 Å². The molecule has 0 spiro atoms. The van der Waals surface area contributed by atoms with Gasteiger partial charge in [0, 0.05) is 32.1 Å². The third-order valence-electron chi connectivity index (χ3n) is 5.18. The van der Waals surface area contributed by atoms with Crippen LogP contribution in [0.4, 0.5) is 11.5 Å². The third kappa shape index (κ3) is 2.54. The maximum Gasteiger partial charge on any atom is 0.178 e. The van der Waals surface area contributed by atoms with Gasteiger partial charge in [0.2, 0.25) is 0 Å². The van der Waals surface area contributed by atoms with Crippen LogP contribution >= 0.6 is 0 Å². The van der Waals surface area contributed by atoms with Crippen molar-refractivity contribution < 1.29 is 0 Å². The molecule has 1 aliphatic heterocycles. The Balaban J connectivity index is 1.36. The maximum atomic E-state index is 9.32. The van der Waals surface area contributed by atoms with E-state index in [1.165, 1.54) is 12.8 Å². The van der Waals surface area contributed by atoms with Crippen LogP contribution in [-0.4, -0.2) is 46.0 Å². The Morgan fingerprint density at radius 2 is 1.69 bits per heavy atom. The smallest absolute Gasteiger partial charge is 0.178 e. The second-order valence-electron chi connectivity index (χ2n) is 6.90. The summed E-state index contributed by atoms with van der Waals surface area (Å²) in [5, 5.41) is 22.7. The van der Waals surface area contributed by atoms with Crippen LogP contribution in [0.1, 0.15) is 30.1 Å². The second kappa shape index (κ2) is 5.99. The monoisotopic (exact) mass is 345 g/mol. The van der Waals surface area contributed by atoms with Crippen LogP contribution < -0.4 is 9.80 Å². The molecule has 0 bridgehead atoms. The van der Waals surface area contributed by atoms with Gasteiger partial charge in [-0.05, 0) is 37.1 Å². The first kappa shape index (κ1) is 15.1. The minimum atomic E-state index is 0.520. The summed E-state index contributed by atoms with van der Waals surface area (Å²) in [4.78, 5) is 4.57. The van der Waals surface area contributed by atoms with Crippen LogP contribution in [-0.2, 0) is 0 Å². The number of nitriles is 1. The molecule has 7 nitrogen and oxygen atoms in total. The summed E-state index contributed by atoms with van der Waals surface area (Å²) in [5.41, 5.74) is 2.57. The Kier molecular flexibility index (Phi) is 3.49. The average Bonchev–Trinajstić information content (AvgIpc) is 3.47. The number of aromatic nitrogens is 4. The summed E-state index contributed by atoms with van der Waals surface area (Å²) in [6.45, 7) is 3.49. The summed E-state index contributed by atoms with van der Waals surface area (Å²) in [6.07, 6.45) is 2.37. The van der Waals surface area contributed by atoms with E-state index in [2.05, 4.69) is 26.1 Å². The molecule has 3 heterocycles. The first-order valence-corrected chi connectivity index (χ1v) is 9.05. The number of anilines is 2. The fourth-order valence-corrected chi connectivity index (χ4v) is 3.58. The van der Waals surface area contributed by atoms with Crippen LogP contribution in [0.2, 0.25) is 0 Å². The highest BCUT2D eigenvalue weighted by Gasteiger charge is 2.29. The Bertz CT molecular complexity index is 991. The Morgan fingerprint density at radius 1 is 0.923 bits per heavy atom. The van der Waals surface area contributed by atoms with E-state index < -0.39 is 0 Å². The van der Waals surface area contributed by atoms with Crippen molar-refractivity contribution in [3.63, 3.8) is 0 Å². The SMILES string of the molecule is N#Cc1ccccc1N1CCN(c2ccc3nnc(C4CC4)n3n2)CC1. The number of rotatable bonds is 3. The van der Waals surface area contributed by atoms with E-state index in [4.69, 9.17) is 5.10 Å². The van der Waals surface area contributed by atoms with Gasteiger partial charge >= 0.3 is 0 Å².